The molecule has 3 rings (SSSR count). The van der Waals surface area contributed by atoms with E-state index in [0.29, 0.717) is 0 Å². The maximum Gasteiger partial charge on any atom is 0.494 e. The van der Waals surface area contributed by atoms with Crippen LogP contribution in [0, 0.1) is 6.92 Å². The van der Waals surface area contributed by atoms with Crippen LogP contribution < -0.4 is 5.46 Å². The van der Waals surface area contributed by atoms with Crippen LogP contribution >= 0.6 is 0 Å². The molecule has 0 radical (unpaired) electrons. The lowest BCUT2D eigenvalue weighted by molar-refractivity contribution is 0.00578. The van der Waals surface area contributed by atoms with Crippen molar-refractivity contribution >= 4 is 23.6 Å². The van der Waals surface area contributed by atoms with Gasteiger partial charge in [-0.1, -0.05) is 6.07 Å². The van der Waals surface area contributed by atoms with Gasteiger partial charge < -0.3 is 13.9 Å². The quantitative estimate of drug-likeness (QED) is 0.746. The summed E-state index contributed by atoms with van der Waals surface area (Å²) in [7, 11) is 1.70. The Bertz CT molecular complexity index is 660. The zero-order chi connectivity index (χ0) is 14.7. The summed E-state index contributed by atoms with van der Waals surface area (Å²) in [4.78, 5) is 4.57. The minimum atomic E-state index is -0.327. The summed E-state index contributed by atoms with van der Waals surface area (Å²) >= 11 is 0. The smallest absolute Gasteiger partial charge is 0.399 e. The topological polar surface area (TPSA) is 36.3 Å². The fourth-order valence-corrected chi connectivity index (χ4v) is 2.46. The van der Waals surface area contributed by atoms with Crippen molar-refractivity contribution in [3.63, 3.8) is 0 Å². The van der Waals surface area contributed by atoms with E-state index in [0.717, 1.165) is 22.3 Å². The normalized spacial score (nSPS) is 20.8. The van der Waals surface area contributed by atoms with Gasteiger partial charge in [0, 0.05) is 7.05 Å². The summed E-state index contributed by atoms with van der Waals surface area (Å²) in [5.74, 6) is 1.01. The van der Waals surface area contributed by atoms with E-state index in [9.17, 15) is 0 Å². The van der Waals surface area contributed by atoms with Crippen LogP contribution in [0.4, 0.5) is 0 Å². The molecule has 0 aliphatic carbocycles. The molecule has 0 amide bonds. The van der Waals surface area contributed by atoms with E-state index in [1.165, 1.54) is 0 Å². The SMILES string of the molecule is Cc1nc2cc(B3OC(C)(C)C(C)(C)O3)ccc2n1C. The zero-order valence-corrected chi connectivity index (χ0v) is 13.0. The highest BCUT2D eigenvalue weighted by Gasteiger charge is 2.51. The van der Waals surface area contributed by atoms with Gasteiger partial charge in [-0.15, -0.1) is 0 Å². The fourth-order valence-electron chi connectivity index (χ4n) is 2.46. The summed E-state index contributed by atoms with van der Waals surface area (Å²) < 4.78 is 14.2. The van der Waals surface area contributed by atoms with Crippen molar-refractivity contribution in [3.05, 3.63) is 24.0 Å². The van der Waals surface area contributed by atoms with E-state index < -0.39 is 0 Å². The van der Waals surface area contributed by atoms with E-state index >= 15 is 0 Å². The molecule has 1 aromatic heterocycles. The molecular weight excluding hydrogens is 251 g/mol. The number of fused-ring (bicyclic) bond motifs is 1. The first kappa shape index (κ1) is 13.6. The monoisotopic (exact) mass is 272 g/mol. The van der Waals surface area contributed by atoms with Crippen molar-refractivity contribution in [2.75, 3.05) is 0 Å². The van der Waals surface area contributed by atoms with Gasteiger partial charge in [0.1, 0.15) is 5.82 Å². The van der Waals surface area contributed by atoms with Crippen LogP contribution in [0.2, 0.25) is 0 Å². The molecule has 0 N–H and O–H groups in total. The predicted octanol–water partition coefficient (Wildman–Crippen LogP) is 2.18. The van der Waals surface area contributed by atoms with Crippen molar-refractivity contribution in [1.29, 1.82) is 0 Å². The average Bonchev–Trinajstić information content (AvgIpc) is 2.74. The highest BCUT2D eigenvalue weighted by Crippen LogP contribution is 2.36. The van der Waals surface area contributed by atoms with Crippen LogP contribution in [0.1, 0.15) is 33.5 Å². The maximum atomic E-state index is 6.08. The largest absolute Gasteiger partial charge is 0.494 e. The standard InChI is InChI=1S/C15H21BN2O2/c1-10-17-12-9-11(7-8-13(12)18(10)6)16-19-14(2,3)15(4,5)20-16/h7-9H,1-6H3. The van der Waals surface area contributed by atoms with Crippen LogP contribution in [0.25, 0.3) is 11.0 Å². The molecule has 1 fully saturated rings. The molecule has 0 spiro atoms. The number of benzene rings is 1. The van der Waals surface area contributed by atoms with E-state index in [-0.39, 0.29) is 18.3 Å². The second-order valence-electron chi connectivity index (χ2n) is 6.55. The van der Waals surface area contributed by atoms with Crippen molar-refractivity contribution in [3.8, 4) is 0 Å². The Balaban J connectivity index is 2.00. The Labute approximate surface area is 120 Å². The van der Waals surface area contributed by atoms with E-state index in [4.69, 9.17) is 9.31 Å². The van der Waals surface area contributed by atoms with Gasteiger partial charge in [-0.2, -0.15) is 0 Å². The average molecular weight is 272 g/mol. The summed E-state index contributed by atoms with van der Waals surface area (Å²) in [6.07, 6.45) is 0. The van der Waals surface area contributed by atoms with Crippen LogP contribution in [0.3, 0.4) is 0 Å². The molecule has 20 heavy (non-hydrogen) atoms. The molecule has 1 aromatic carbocycles. The Morgan fingerprint density at radius 1 is 1.10 bits per heavy atom. The Morgan fingerprint density at radius 3 is 2.30 bits per heavy atom. The number of aryl methyl sites for hydroxylation is 2. The molecule has 1 aliphatic rings. The fraction of sp³-hybridized carbons (Fsp3) is 0.533. The van der Waals surface area contributed by atoms with Crippen LogP contribution in [0.15, 0.2) is 18.2 Å². The molecule has 0 unspecified atom stereocenters. The zero-order valence-electron chi connectivity index (χ0n) is 13.0. The predicted molar refractivity (Wildman–Crippen MR) is 81.2 cm³/mol. The van der Waals surface area contributed by atoms with Gasteiger partial charge in [0.15, 0.2) is 0 Å². The highest BCUT2D eigenvalue weighted by molar-refractivity contribution is 6.62. The lowest BCUT2D eigenvalue weighted by atomic mass is 9.79. The van der Waals surface area contributed by atoms with Gasteiger partial charge >= 0.3 is 7.12 Å². The molecule has 2 heterocycles. The first-order chi connectivity index (χ1) is 9.21. The molecule has 106 valence electrons. The van der Waals surface area contributed by atoms with Gasteiger partial charge in [-0.05, 0) is 52.2 Å². The Kier molecular flexibility index (Phi) is 2.79. The first-order valence-electron chi connectivity index (χ1n) is 7.00. The summed E-state index contributed by atoms with van der Waals surface area (Å²) in [6.45, 7) is 10.3. The third-order valence-electron chi connectivity index (χ3n) is 4.65. The Morgan fingerprint density at radius 2 is 1.70 bits per heavy atom. The second kappa shape index (κ2) is 4.09. The minimum Gasteiger partial charge on any atom is -0.399 e. The van der Waals surface area contributed by atoms with E-state index in [2.05, 4.69) is 55.4 Å². The second-order valence-corrected chi connectivity index (χ2v) is 6.55. The molecule has 0 atom stereocenters. The summed E-state index contributed by atoms with van der Waals surface area (Å²) in [6, 6.07) is 6.20. The van der Waals surface area contributed by atoms with Gasteiger partial charge in [0.05, 0.1) is 22.2 Å². The maximum absolute atomic E-state index is 6.08. The number of imidazole rings is 1. The Hall–Kier alpha value is -1.33. The number of hydrogen-bond acceptors (Lipinski definition) is 3. The number of nitrogens with zero attached hydrogens (tertiary/aromatic N) is 2. The molecule has 1 saturated heterocycles. The molecule has 0 bridgehead atoms. The third-order valence-corrected chi connectivity index (χ3v) is 4.65. The van der Waals surface area contributed by atoms with Crippen LogP contribution in [-0.4, -0.2) is 27.9 Å². The van der Waals surface area contributed by atoms with Gasteiger partial charge in [0.2, 0.25) is 0 Å². The van der Waals surface area contributed by atoms with Gasteiger partial charge in [0.25, 0.3) is 0 Å². The first-order valence-corrected chi connectivity index (χ1v) is 7.00. The number of rotatable bonds is 1. The van der Waals surface area contributed by atoms with Gasteiger partial charge in [-0.25, -0.2) is 4.98 Å². The molecule has 5 heteroatoms. The van der Waals surface area contributed by atoms with Crippen molar-refractivity contribution in [2.45, 2.75) is 45.8 Å². The molecular formula is C15H21BN2O2. The third kappa shape index (κ3) is 1.88. The van der Waals surface area contributed by atoms with Gasteiger partial charge in [-0.3, -0.25) is 0 Å². The lowest BCUT2D eigenvalue weighted by Gasteiger charge is -2.32. The molecule has 2 aromatic rings. The molecule has 4 nitrogen and oxygen atoms in total. The van der Waals surface area contributed by atoms with Crippen LogP contribution in [-0.2, 0) is 16.4 Å². The number of aromatic nitrogens is 2. The van der Waals surface area contributed by atoms with Crippen molar-refractivity contribution in [1.82, 2.24) is 9.55 Å². The lowest BCUT2D eigenvalue weighted by Crippen LogP contribution is -2.41. The number of hydrogen-bond donors (Lipinski definition) is 0. The molecule has 0 saturated carbocycles. The van der Waals surface area contributed by atoms with E-state index in [1.54, 1.807) is 0 Å². The highest BCUT2D eigenvalue weighted by atomic mass is 16.7. The van der Waals surface area contributed by atoms with E-state index in [1.807, 2.05) is 14.0 Å². The van der Waals surface area contributed by atoms with Crippen LogP contribution in [0.5, 0.6) is 0 Å². The van der Waals surface area contributed by atoms with Crippen molar-refractivity contribution in [2.24, 2.45) is 7.05 Å². The summed E-state index contributed by atoms with van der Waals surface area (Å²) in [5, 5.41) is 0. The summed E-state index contributed by atoms with van der Waals surface area (Å²) in [5.41, 5.74) is 2.51. The van der Waals surface area contributed by atoms with Crippen molar-refractivity contribution < 1.29 is 9.31 Å². The molecule has 1 aliphatic heterocycles. The minimum absolute atomic E-state index is 0.313.